The topological polar surface area (TPSA) is 82.9 Å². The Labute approximate surface area is 169 Å². The number of ether oxygens (including phenoxy) is 3. The van der Waals surface area contributed by atoms with E-state index < -0.39 is 23.8 Å². The summed E-state index contributed by atoms with van der Waals surface area (Å²) in [5.41, 5.74) is -0.200. The van der Waals surface area contributed by atoms with Crippen molar-refractivity contribution in [3.05, 3.63) is 53.0 Å². The monoisotopic (exact) mass is 425 g/mol. The number of aryl methyl sites for hydroxylation is 1. The van der Waals surface area contributed by atoms with Gasteiger partial charge in [-0.1, -0.05) is 0 Å². The van der Waals surface area contributed by atoms with Crippen LogP contribution in [0.25, 0.3) is 5.69 Å². The van der Waals surface area contributed by atoms with Gasteiger partial charge in [-0.25, -0.2) is 14.3 Å². The highest BCUT2D eigenvalue weighted by atomic mass is 19.4. The van der Waals surface area contributed by atoms with Gasteiger partial charge >= 0.3 is 18.1 Å². The van der Waals surface area contributed by atoms with Crippen molar-refractivity contribution in [1.82, 2.24) is 9.78 Å². The molecule has 11 heteroatoms. The maximum atomic E-state index is 13.3. The number of hydrogen-bond acceptors (Lipinski definition) is 7. The van der Waals surface area contributed by atoms with E-state index in [0.717, 1.165) is 10.7 Å². The van der Waals surface area contributed by atoms with Gasteiger partial charge in [-0.3, -0.25) is 0 Å². The molecule has 0 radical (unpaired) electrons. The molecule has 1 aliphatic rings. The third-order valence-corrected chi connectivity index (χ3v) is 4.36. The van der Waals surface area contributed by atoms with Gasteiger partial charge in [0.25, 0.3) is 0 Å². The number of benzene rings is 1. The number of alkyl halides is 3. The lowest BCUT2D eigenvalue weighted by Gasteiger charge is -2.31. The molecule has 8 nitrogen and oxygen atoms in total. The Morgan fingerprint density at radius 3 is 2.23 bits per heavy atom. The first-order chi connectivity index (χ1) is 14.2. The van der Waals surface area contributed by atoms with Crippen LogP contribution in [0.4, 0.5) is 18.9 Å². The molecule has 0 saturated heterocycles. The summed E-state index contributed by atoms with van der Waals surface area (Å²) in [6, 6.07) is 6.75. The fourth-order valence-electron chi connectivity index (χ4n) is 3.02. The molecule has 30 heavy (non-hydrogen) atoms. The van der Waals surface area contributed by atoms with Crippen LogP contribution in [0.5, 0.6) is 0 Å². The van der Waals surface area contributed by atoms with E-state index in [0.29, 0.717) is 5.69 Å². The number of halogens is 3. The predicted molar refractivity (Wildman–Crippen MR) is 97.7 cm³/mol. The highest BCUT2D eigenvalue weighted by Crippen LogP contribution is 2.32. The minimum absolute atomic E-state index is 0.0262. The number of hydrogen-bond donors (Lipinski definition) is 0. The highest BCUT2D eigenvalue weighted by molar-refractivity contribution is 6.03. The Bertz CT molecular complexity index is 996. The molecule has 0 N–H and O–H groups in total. The molecular weight excluding hydrogens is 407 g/mol. The summed E-state index contributed by atoms with van der Waals surface area (Å²) < 4.78 is 55.4. The Kier molecular flexibility index (Phi) is 5.83. The molecule has 0 bridgehead atoms. The average Bonchev–Trinajstić information content (AvgIpc) is 3.14. The fourth-order valence-corrected chi connectivity index (χ4v) is 3.02. The second-order valence-electron chi connectivity index (χ2n) is 6.31. The largest absolute Gasteiger partial charge is 0.466 e. The molecule has 1 aromatic carbocycles. The maximum absolute atomic E-state index is 13.3. The van der Waals surface area contributed by atoms with Crippen LogP contribution in [0.1, 0.15) is 11.4 Å². The lowest BCUT2D eigenvalue weighted by atomic mass is 10.1. The van der Waals surface area contributed by atoms with Gasteiger partial charge in [0.15, 0.2) is 0 Å². The third-order valence-electron chi connectivity index (χ3n) is 4.36. The lowest BCUT2D eigenvalue weighted by molar-refractivity contribution is -0.143. The Hall–Kier alpha value is -3.34. The smallest absolute Gasteiger partial charge is 0.433 e. The Morgan fingerprint density at radius 2 is 1.67 bits per heavy atom. The zero-order valence-electron chi connectivity index (χ0n) is 16.3. The molecule has 0 spiro atoms. The van der Waals surface area contributed by atoms with E-state index in [2.05, 4.69) is 5.10 Å². The quantitative estimate of drug-likeness (QED) is 0.697. The average molecular weight is 425 g/mol. The van der Waals surface area contributed by atoms with Gasteiger partial charge < -0.3 is 19.1 Å². The van der Waals surface area contributed by atoms with Gasteiger partial charge in [-0.05, 0) is 37.3 Å². The van der Waals surface area contributed by atoms with Crippen molar-refractivity contribution in [2.75, 3.05) is 32.5 Å². The van der Waals surface area contributed by atoms with Crippen molar-refractivity contribution in [1.29, 1.82) is 0 Å². The van der Waals surface area contributed by atoms with Gasteiger partial charge in [0, 0.05) is 5.69 Å². The van der Waals surface area contributed by atoms with Crippen LogP contribution in [0.3, 0.4) is 0 Å². The van der Waals surface area contributed by atoms with Gasteiger partial charge in [-0.2, -0.15) is 18.3 Å². The molecular formula is C19H18F3N3O5. The number of nitrogens with zero attached hydrogens (tertiary/aromatic N) is 3. The standard InChI is InChI=1S/C19H18F3N3O5/c1-11-8-15(19(20,21)22)25(23-11)13-6-4-12(5-7-13)24-10-30-9-14(17(26)28-2)16(24)18(27)29-3/h4-8H,9-10H2,1-3H3. The summed E-state index contributed by atoms with van der Waals surface area (Å²) in [5, 5.41) is 3.91. The van der Waals surface area contributed by atoms with Gasteiger partial charge in [-0.15, -0.1) is 0 Å². The molecule has 0 saturated carbocycles. The SMILES string of the molecule is COC(=O)C1=C(C(=O)OC)N(c2ccc(-n3nc(C)cc3C(F)(F)F)cc2)COC1. The number of aromatic nitrogens is 2. The Morgan fingerprint density at radius 1 is 1.07 bits per heavy atom. The summed E-state index contributed by atoms with van der Waals surface area (Å²) in [7, 11) is 2.34. The third kappa shape index (κ3) is 4.01. The molecule has 0 fully saturated rings. The molecule has 2 heterocycles. The summed E-state index contributed by atoms with van der Waals surface area (Å²) in [6.07, 6.45) is -4.57. The van der Waals surface area contributed by atoms with Crippen LogP contribution in [0, 0.1) is 6.92 Å². The van der Waals surface area contributed by atoms with E-state index in [4.69, 9.17) is 14.2 Å². The van der Waals surface area contributed by atoms with Crippen LogP contribution in [-0.2, 0) is 30.0 Å². The lowest BCUT2D eigenvalue weighted by Crippen LogP contribution is -2.38. The van der Waals surface area contributed by atoms with Crippen molar-refractivity contribution in [2.24, 2.45) is 0 Å². The van der Waals surface area contributed by atoms with Crippen molar-refractivity contribution < 1.29 is 37.0 Å². The summed E-state index contributed by atoms with van der Waals surface area (Å²) in [6.45, 7) is 1.25. The van der Waals surface area contributed by atoms with E-state index in [-0.39, 0.29) is 36.0 Å². The number of esters is 2. The normalized spacial score (nSPS) is 14.7. The zero-order valence-corrected chi connectivity index (χ0v) is 16.3. The van der Waals surface area contributed by atoms with E-state index in [1.165, 1.54) is 50.3 Å². The van der Waals surface area contributed by atoms with E-state index >= 15 is 0 Å². The first-order valence-corrected chi connectivity index (χ1v) is 8.66. The highest BCUT2D eigenvalue weighted by Gasteiger charge is 2.36. The molecule has 0 aliphatic carbocycles. The molecule has 0 unspecified atom stereocenters. The van der Waals surface area contributed by atoms with Crippen molar-refractivity contribution in [2.45, 2.75) is 13.1 Å². The van der Waals surface area contributed by atoms with Crippen LogP contribution >= 0.6 is 0 Å². The maximum Gasteiger partial charge on any atom is 0.433 e. The van der Waals surface area contributed by atoms with Crippen LogP contribution in [0.15, 0.2) is 41.6 Å². The Balaban J connectivity index is 2.02. The van der Waals surface area contributed by atoms with E-state index in [1.54, 1.807) is 0 Å². The van der Waals surface area contributed by atoms with E-state index in [9.17, 15) is 22.8 Å². The minimum atomic E-state index is -4.57. The van der Waals surface area contributed by atoms with Crippen LogP contribution < -0.4 is 4.90 Å². The molecule has 0 atom stereocenters. The number of carbonyl (C=O) groups is 2. The minimum Gasteiger partial charge on any atom is -0.466 e. The van der Waals surface area contributed by atoms with Crippen molar-refractivity contribution in [3.63, 3.8) is 0 Å². The number of rotatable bonds is 4. The number of anilines is 1. The fraction of sp³-hybridized carbons (Fsp3) is 0.316. The summed E-state index contributed by atoms with van der Waals surface area (Å²) in [4.78, 5) is 25.7. The second kappa shape index (κ2) is 8.19. The van der Waals surface area contributed by atoms with Crippen LogP contribution in [0.2, 0.25) is 0 Å². The molecule has 1 aromatic heterocycles. The molecule has 2 aromatic rings. The molecule has 160 valence electrons. The predicted octanol–water partition coefficient (Wildman–Crippen LogP) is 2.59. The molecule has 0 amide bonds. The summed E-state index contributed by atoms with van der Waals surface area (Å²) >= 11 is 0. The molecule has 3 rings (SSSR count). The van der Waals surface area contributed by atoms with Gasteiger partial charge in [0.1, 0.15) is 18.1 Å². The second-order valence-corrected chi connectivity index (χ2v) is 6.31. The van der Waals surface area contributed by atoms with Crippen molar-refractivity contribution >= 4 is 17.6 Å². The molecule has 1 aliphatic heterocycles. The van der Waals surface area contributed by atoms with Gasteiger partial charge in [0.05, 0.1) is 37.8 Å². The number of carbonyl (C=O) groups excluding carboxylic acids is 2. The first kappa shape index (κ1) is 21.4. The van der Waals surface area contributed by atoms with Crippen molar-refractivity contribution in [3.8, 4) is 5.69 Å². The number of methoxy groups -OCH3 is 2. The van der Waals surface area contributed by atoms with Gasteiger partial charge in [0.2, 0.25) is 0 Å². The van der Waals surface area contributed by atoms with E-state index in [1.807, 2.05) is 0 Å². The summed E-state index contributed by atoms with van der Waals surface area (Å²) in [5.74, 6) is -1.52. The zero-order chi connectivity index (χ0) is 22.1. The first-order valence-electron chi connectivity index (χ1n) is 8.66. The van der Waals surface area contributed by atoms with Crippen LogP contribution in [-0.4, -0.2) is 49.3 Å².